The number of fused-ring (bicyclic) bond motifs is 1. The van der Waals surface area contributed by atoms with Crippen LogP contribution in [-0.2, 0) is 6.54 Å². The molecule has 0 radical (unpaired) electrons. The van der Waals surface area contributed by atoms with Crippen LogP contribution in [0.4, 0.5) is 0 Å². The molecule has 1 aliphatic rings. The average molecular weight is 237 g/mol. The highest BCUT2D eigenvalue weighted by Crippen LogP contribution is 2.41. The van der Waals surface area contributed by atoms with Gasteiger partial charge in [0.15, 0.2) is 11.5 Å². The molecule has 17 heavy (non-hydrogen) atoms. The molecule has 0 fully saturated rings. The van der Waals surface area contributed by atoms with Gasteiger partial charge in [0, 0.05) is 17.6 Å². The Morgan fingerprint density at radius 3 is 2.59 bits per heavy atom. The average Bonchev–Trinajstić information content (AvgIpc) is 2.32. The van der Waals surface area contributed by atoms with Crippen molar-refractivity contribution in [2.45, 2.75) is 32.0 Å². The van der Waals surface area contributed by atoms with Gasteiger partial charge >= 0.3 is 0 Å². The maximum absolute atomic E-state index is 10.3. The molecule has 0 spiro atoms. The quantitative estimate of drug-likeness (QED) is 0.820. The fraction of sp³-hybridized carbons (Fsp3) is 0.538. The van der Waals surface area contributed by atoms with Crippen LogP contribution < -0.4 is 14.8 Å². The van der Waals surface area contributed by atoms with E-state index in [0.717, 1.165) is 11.1 Å². The summed E-state index contributed by atoms with van der Waals surface area (Å²) >= 11 is 0. The maximum Gasteiger partial charge on any atom is 0.165 e. The summed E-state index contributed by atoms with van der Waals surface area (Å²) < 4.78 is 10.6. The molecule has 0 aliphatic carbocycles. The van der Waals surface area contributed by atoms with Crippen LogP contribution in [-0.4, -0.2) is 24.9 Å². The first-order valence-corrected chi connectivity index (χ1v) is 5.68. The summed E-state index contributed by atoms with van der Waals surface area (Å²) in [6, 6.07) is 3.74. The van der Waals surface area contributed by atoms with E-state index in [0.29, 0.717) is 18.0 Å². The second kappa shape index (κ2) is 4.20. The molecule has 0 aromatic heterocycles. The highest BCUT2D eigenvalue weighted by atomic mass is 16.5. The van der Waals surface area contributed by atoms with E-state index >= 15 is 0 Å². The molecule has 1 atom stereocenters. The number of rotatable bonds is 2. The molecular formula is C13H19NO3. The molecule has 1 aromatic carbocycles. The highest BCUT2D eigenvalue weighted by molar-refractivity contribution is 5.53. The molecule has 0 saturated heterocycles. The molecule has 2 rings (SSSR count). The van der Waals surface area contributed by atoms with Crippen molar-refractivity contribution in [2.24, 2.45) is 0 Å². The van der Waals surface area contributed by atoms with Gasteiger partial charge in [0.1, 0.15) is 0 Å². The number of nitrogens with one attached hydrogen (secondary N) is 1. The van der Waals surface area contributed by atoms with E-state index in [4.69, 9.17) is 9.47 Å². The Kier molecular flexibility index (Phi) is 3.02. The van der Waals surface area contributed by atoms with Gasteiger partial charge < -0.3 is 19.9 Å². The first-order valence-electron chi connectivity index (χ1n) is 5.68. The molecule has 1 aliphatic heterocycles. The third-order valence-electron chi connectivity index (χ3n) is 3.38. The van der Waals surface area contributed by atoms with E-state index in [9.17, 15) is 5.11 Å². The van der Waals surface area contributed by atoms with Gasteiger partial charge in [0.05, 0.1) is 20.3 Å². The van der Waals surface area contributed by atoms with Crippen molar-refractivity contribution in [2.75, 3.05) is 14.2 Å². The van der Waals surface area contributed by atoms with Crippen molar-refractivity contribution in [1.29, 1.82) is 0 Å². The summed E-state index contributed by atoms with van der Waals surface area (Å²) in [5.74, 6) is 1.40. The van der Waals surface area contributed by atoms with E-state index in [-0.39, 0.29) is 5.54 Å². The Morgan fingerprint density at radius 1 is 1.29 bits per heavy atom. The smallest absolute Gasteiger partial charge is 0.165 e. The van der Waals surface area contributed by atoms with Gasteiger partial charge in [0.2, 0.25) is 0 Å². The molecular weight excluding hydrogens is 218 g/mol. The van der Waals surface area contributed by atoms with Gasteiger partial charge in [0.25, 0.3) is 0 Å². The maximum atomic E-state index is 10.3. The monoisotopic (exact) mass is 237 g/mol. The van der Waals surface area contributed by atoms with E-state index in [1.54, 1.807) is 14.2 Å². The van der Waals surface area contributed by atoms with Crippen molar-refractivity contribution in [3.05, 3.63) is 23.3 Å². The number of aliphatic hydroxyl groups excluding tert-OH is 1. The molecule has 2 N–H and O–H groups in total. The summed E-state index contributed by atoms with van der Waals surface area (Å²) in [5, 5.41) is 13.6. The van der Waals surface area contributed by atoms with E-state index in [1.165, 1.54) is 0 Å². The van der Waals surface area contributed by atoms with Crippen LogP contribution in [0.2, 0.25) is 0 Å². The number of hydrogen-bond acceptors (Lipinski definition) is 4. The lowest BCUT2D eigenvalue weighted by molar-refractivity contribution is 0.0676. The first kappa shape index (κ1) is 12.2. The predicted octanol–water partition coefficient (Wildman–Crippen LogP) is 1.62. The largest absolute Gasteiger partial charge is 0.493 e. The normalized spacial score (nSPS) is 21.8. The summed E-state index contributed by atoms with van der Waals surface area (Å²) in [6.45, 7) is 4.63. The van der Waals surface area contributed by atoms with E-state index in [2.05, 4.69) is 5.32 Å². The Hall–Kier alpha value is -1.26. The minimum atomic E-state index is -0.550. The summed E-state index contributed by atoms with van der Waals surface area (Å²) in [7, 11) is 3.23. The van der Waals surface area contributed by atoms with Crippen LogP contribution in [0.25, 0.3) is 0 Å². The molecule has 4 nitrogen and oxygen atoms in total. The Labute approximate surface area is 102 Å². The van der Waals surface area contributed by atoms with Crippen LogP contribution in [0, 0.1) is 0 Å². The lowest BCUT2D eigenvalue weighted by Gasteiger charge is -2.38. The summed E-state index contributed by atoms with van der Waals surface area (Å²) in [6.07, 6.45) is -0.550. The summed E-state index contributed by atoms with van der Waals surface area (Å²) in [4.78, 5) is 0. The third-order valence-corrected chi connectivity index (χ3v) is 3.38. The van der Waals surface area contributed by atoms with Gasteiger partial charge in [-0.05, 0) is 25.5 Å². The van der Waals surface area contributed by atoms with E-state index in [1.807, 2.05) is 26.0 Å². The van der Waals surface area contributed by atoms with Crippen molar-refractivity contribution < 1.29 is 14.6 Å². The third kappa shape index (κ3) is 1.87. The second-order valence-corrected chi connectivity index (χ2v) is 4.85. The molecule has 1 unspecified atom stereocenters. The van der Waals surface area contributed by atoms with Gasteiger partial charge in [-0.2, -0.15) is 0 Å². The molecule has 4 heteroatoms. The summed E-state index contributed by atoms with van der Waals surface area (Å²) in [5.41, 5.74) is 1.55. The van der Waals surface area contributed by atoms with Crippen molar-refractivity contribution in [3.8, 4) is 11.5 Å². The van der Waals surface area contributed by atoms with Crippen LogP contribution in [0.5, 0.6) is 11.5 Å². The second-order valence-electron chi connectivity index (χ2n) is 4.85. The number of aliphatic hydroxyl groups is 1. The van der Waals surface area contributed by atoms with Crippen LogP contribution in [0.1, 0.15) is 31.1 Å². The Morgan fingerprint density at radius 2 is 2.00 bits per heavy atom. The van der Waals surface area contributed by atoms with Gasteiger partial charge in [-0.3, -0.25) is 0 Å². The standard InChI is InChI=1S/C13H19NO3/c1-13(2)12(15)8-5-6-10(16-3)11(17-4)9(8)7-14-13/h5-6,12,14-15H,7H2,1-4H3. The van der Waals surface area contributed by atoms with Crippen molar-refractivity contribution in [1.82, 2.24) is 5.32 Å². The minimum Gasteiger partial charge on any atom is -0.493 e. The van der Waals surface area contributed by atoms with Crippen LogP contribution >= 0.6 is 0 Å². The molecule has 94 valence electrons. The van der Waals surface area contributed by atoms with Crippen LogP contribution in [0.3, 0.4) is 0 Å². The predicted molar refractivity (Wildman–Crippen MR) is 65.4 cm³/mol. The fourth-order valence-corrected chi connectivity index (χ4v) is 2.25. The molecule has 0 amide bonds. The zero-order valence-corrected chi connectivity index (χ0v) is 10.7. The zero-order valence-electron chi connectivity index (χ0n) is 10.7. The van der Waals surface area contributed by atoms with Crippen molar-refractivity contribution in [3.63, 3.8) is 0 Å². The Balaban J connectivity index is 2.55. The lowest BCUT2D eigenvalue weighted by Crippen LogP contribution is -2.48. The fourth-order valence-electron chi connectivity index (χ4n) is 2.25. The topological polar surface area (TPSA) is 50.7 Å². The first-order chi connectivity index (χ1) is 8.01. The highest BCUT2D eigenvalue weighted by Gasteiger charge is 2.36. The van der Waals surface area contributed by atoms with Gasteiger partial charge in [-0.25, -0.2) is 0 Å². The molecule has 0 saturated carbocycles. The lowest BCUT2D eigenvalue weighted by atomic mass is 9.84. The van der Waals surface area contributed by atoms with E-state index < -0.39 is 6.10 Å². The molecule has 1 aromatic rings. The number of methoxy groups -OCH3 is 2. The number of ether oxygens (including phenoxy) is 2. The molecule has 0 bridgehead atoms. The van der Waals surface area contributed by atoms with Gasteiger partial charge in [-0.15, -0.1) is 0 Å². The SMILES string of the molecule is COc1ccc2c(c1OC)CNC(C)(C)C2O. The number of hydrogen-bond donors (Lipinski definition) is 2. The minimum absolute atomic E-state index is 0.327. The van der Waals surface area contributed by atoms with Crippen LogP contribution in [0.15, 0.2) is 12.1 Å². The number of benzene rings is 1. The molecule has 1 heterocycles. The van der Waals surface area contributed by atoms with Gasteiger partial charge in [-0.1, -0.05) is 6.07 Å². The van der Waals surface area contributed by atoms with Crippen molar-refractivity contribution >= 4 is 0 Å². The zero-order chi connectivity index (χ0) is 12.6. The Bertz CT molecular complexity index is 429.